The number of rotatable bonds is 5. The first-order valence-corrected chi connectivity index (χ1v) is 7.00. The summed E-state index contributed by atoms with van der Waals surface area (Å²) in [4.78, 5) is 21.1. The van der Waals surface area contributed by atoms with Crippen molar-refractivity contribution in [3.63, 3.8) is 0 Å². The van der Waals surface area contributed by atoms with Crippen molar-refractivity contribution in [3.8, 4) is 0 Å². The third-order valence-electron chi connectivity index (χ3n) is 2.85. The molecule has 1 fully saturated rings. The largest absolute Gasteiger partial charge is 0.411 e. The highest BCUT2D eigenvalue weighted by molar-refractivity contribution is 7.95. The maximum atomic E-state index is 13.1. The number of benzene rings is 1. The van der Waals surface area contributed by atoms with Gasteiger partial charge >= 0.3 is 6.16 Å². The minimum Gasteiger partial charge on any atom is -0.379 e. The molecule has 7 nitrogen and oxygen atoms in total. The highest BCUT2D eigenvalue weighted by Gasteiger charge is 2.21. The molecular weight excluding hydrogens is 301 g/mol. The van der Waals surface area contributed by atoms with Crippen LogP contribution >= 0.6 is 12.1 Å². The average molecular weight is 315 g/mol. The first-order valence-electron chi connectivity index (χ1n) is 6.27. The number of carbonyl (C=O) groups is 1. The van der Waals surface area contributed by atoms with E-state index in [0.717, 1.165) is 16.4 Å². The van der Waals surface area contributed by atoms with Crippen LogP contribution in [0, 0.1) is 10.1 Å². The molecule has 0 aromatic heterocycles. The summed E-state index contributed by atoms with van der Waals surface area (Å²) in [6, 6.07) is 5.67. The van der Waals surface area contributed by atoms with E-state index < -0.39 is 11.1 Å². The number of morpholine rings is 1. The average Bonchev–Trinajstić information content (AvgIpc) is 2.48. The first-order chi connectivity index (χ1) is 10.1. The van der Waals surface area contributed by atoms with Crippen molar-refractivity contribution in [2.75, 3.05) is 26.3 Å². The predicted molar refractivity (Wildman–Crippen MR) is 75.1 cm³/mol. The molecule has 21 heavy (non-hydrogen) atoms. The molecular formula is C12H14FN3O4S. The van der Waals surface area contributed by atoms with Crippen LogP contribution in [0.25, 0.3) is 0 Å². The number of hydrogen-bond donors (Lipinski definition) is 0. The highest BCUT2D eigenvalue weighted by Crippen LogP contribution is 2.22. The van der Waals surface area contributed by atoms with Gasteiger partial charge in [-0.1, -0.05) is 12.1 Å². The molecule has 1 aromatic rings. The van der Waals surface area contributed by atoms with E-state index >= 15 is 0 Å². The van der Waals surface area contributed by atoms with Crippen molar-refractivity contribution in [2.24, 2.45) is 0 Å². The van der Waals surface area contributed by atoms with Crippen molar-refractivity contribution in [3.05, 3.63) is 39.9 Å². The van der Waals surface area contributed by atoms with Gasteiger partial charge in [0.1, 0.15) is 0 Å². The van der Waals surface area contributed by atoms with Crippen LogP contribution in [-0.2, 0) is 11.3 Å². The second-order valence-electron chi connectivity index (χ2n) is 4.34. The van der Waals surface area contributed by atoms with Gasteiger partial charge in [0.05, 0.1) is 24.7 Å². The zero-order valence-electron chi connectivity index (χ0n) is 11.1. The lowest BCUT2D eigenvalue weighted by Gasteiger charge is -2.29. The second-order valence-corrected chi connectivity index (χ2v) is 5.46. The number of hydrogen-bond acceptors (Lipinski definition) is 6. The van der Waals surface area contributed by atoms with Gasteiger partial charge in [-0.2, -0.15) is 0 Å². The van der Waals surface area contributed by atoms with E-state index in [1.165, 1.54) is 24.3 Å². The third kappa shape index (κ3) is 4.66. The molecule has 0 unspecified atom stereocenters. The summed E-state index contributed by atoms with van der Waals surface area (Å²) in [6.07, 6.45) is -1.55. The molecule has 0 aliphatic carbocycles. The third-order valence-corrected chi connectivity index (χ3v) is 3.92. The van der Waals surface area contributed by atoms with Gasteiger partial charge in [0.25, 0.3) is 5.69 Å². The van der Waals surface area contributed by atoms with Crippen LogP contribution in [0.4, 0.5) is 14.9 Å². The summed E-state index contributed by atoms with van der Waals surface area (Å²) in [5.41, 5.74) is 0.574. The number of non-ortho nitro benzene ring substituents is 1. The smallest absolute Gasteiger partial charge is 0.379 e. The van der Waals surface area contributed by atoms with Gasteiger partial charge < -0.3 is 4.74 Å². The van der Waals surface area contributed by atoms with Gasteiger partial charge in [-0.25, -0.2) is 13.4 Å². The lowest BCUT2D eigenvalue weighted by atomic mass is 10.2. The van der Waals surface area contributed by atoms with Crippen LogP contribution in [0.1, 0.15) is 5.56 Å². The molecule has 2 rings (SSSR count). The predicted octanol–water partition coefficient (Wildman–Crippen LogP) is 2.38. The van der Waals surface area contributed by atoms with E-state index in [4.69, 9.17) is 4.74 Å². The van der Waals surface area contributed by atoms with Crippen molar-refractivity contribution in [1.82, 2.24) is 8.61 Å². The first kappa shape index (κ1) is 15.7. The Morgan fingerprint density at radius 1 is 1.38 bits per heavy atom. The molecule has 0 N–H and O–H groups in total. The van der Waals surface area contributed by atoms with Gasteiger partial charge in [-0.15, -0.1) is 4.39 Å². The molecule has 114 valence electrons. The summed E-state index contributed by atoms with van der Waals surface area (Å²) in [5, 5.41) is 10.6. The normalized spacial score (nSPS) is 15.7. The summed E-state index contributed by atoms with van der Waals surface area (Å²) < 4.78 is 21.1. The van der Waals surface area contributed by atoms with Crippen LogP contribution in [0.3, 0.4) is 0 Å². The molecule has 0 radical (unpaired) electrons. The van der Waals surface area contributed by atoms with Crippen LogP contribution in [-0.4, -0.2) is 46.0 Å². The summed E-state index contributed by atoms with van der Waals surface area (Å²) in [6.45, 7) is 2.33. The van der Waals surface area contributed by atoms with E-state index in [-0.39, 0.29) is 12.2 Å². The van der Waals surface area contributed by atoms with Gasteiger partial charge in [-0.05, 0) is 5.56 Å². The fraction of sp³-hybridized carbons (Fsp3) is 0.417. The van der Waals surface area contributed by atoms with Gasteiger partial charge in [0, 0.05) is 37.4 Å². The Morgan fingerprint density at radius 2 is 2.00 bits per heavy atom. The van der Waals surface area contributed by atoms with Crippen molar-refractivity contribution < 1.29 is 18.8 Å². The van der Waals surface area contributed by atoms with Crippen molar-refractivity contribution in [1.29, 1.82) is 0 Å². The summed E-state index contributed by atoms with van der Waals surface area (Å²) in [5.74, 6) is 0. The zero-order chi connectivity index (χ0) is 15.2. The minimum atomic E-state index is -1.55. The van der Waals surface area contributed by atoms with Crippen LogP contribution in [0.2, 0.25) is 0 Å². The molecule has 1 aliphatic rings. The Kier molecular flexibility index (Phi) is 5.48. The van der Waals surface area contributed by atoms with Crippen LogP contribution in [0.15, 0.2) is 24.3 Å². The quantitative estimate of drug-likeness (QED) is 0.273. The number of ether oxygens (including phenoxy) is 1. The molecule has 0 spiro atoms. The Labute approximate surface area is 125 Å². The highest BCUT2D eigenvalue weighted by atomic mass is 32.2. The topological polar surface area (TPSA) is 75.9 Å². The second kappa shape index (κ2) is 7.34. The van der Waals surface area contributed by atoms with Crippen LogP contribution in [0.5, 0.6) is 0 Å². The lowest BCUT2D eigenvalue weighted by molar-refractivity contribution is -0.384. The molecule has 1 aromatic carbocycles. The maximum absolute atomic E-state index is 13.1. The Hall–Kier alpha value is -1.71. The minimum absolute atomic E-state index is 0.0371. The fourth-order valence-electron chi connectivity index (χ4n) is 1.78. The van der Waals surface area contributed by atoms with E-state index in [0.29, 0.717) is 31.9 Å². The van der Waals surface area contributed by atoms with E-state index in [1.54, 1.807) is 0 Å². The molecule has 0 saturated carbocycles. The number of nitro benzene ring substituents is 1. The van der Waals surface area contributed by atoms with Crippen molar-refractivity contribution in [2.45, 2.75) is 6.54 Å². The lowest BCUT2D eigenvalue weighted by Crippen LogP contribution is -2.35. The molecule has 1 saturated heterocycles. The van der Waals surface area contributed by atoms with Crippen LogP contribution < -0.4 is 0 Å². The number of nitrogens with zero attached hydrogens (tertiary/aromatic N) is 3. The molecule has 9 heteroatoms. The summed E-state index contributed by atoms with van der Waals surface area (Å²) in [7, 11) is 0. The van der Waals surface area contributed by atoms with Gasteiger partial charge in [0.15, 0.2) is 0 Å². The Morgan fingerprint density at radius 3 is 2.52 bits per heavy atom. The maximum Gasteiger partial charge on any atom is 0.411 e. The van der Waals surface area contributed by atoms with E-state index in [2.05, 4.69) is 0 Å². The van der Waals surface area contributed by atoms with Gasteiger partial charge in [-0.3, -0.25) is 10.1 Å². The Bertz CT molecular complexity index is 508. The molecule has 1 heterocycles. The number of carbonyl (C=O) groups excluding carboxylic acids is 1. The number of nitro groups is 1. The molecule has 0 atom stereocenters. The molecule has 1 aliphatic heterocycles. The standard InChI is InChI=1S/C12H14FN3O4S/c13-12(17)15(21-14-5-7-20-8-6-14)9-10-1-3-11(4-2-10)16(18)19/h1-4H,5-9H2. The molecule has 1 amide bonds. The molecule has 0 bridgehead atoms. The zero-order valence-corrected chi connectivity index (χ0v) is 11.9. The fourth-order valence-corrected chi connectivity index (χ4v) is 2.64. The van der Waals surface area contributed by atoms with E-state index in [9.17, 15) is 19.3 Å². The monoisotopic (exact) mass is 315 g/mol. The SMILES string of the molecule is O=C(F)N(Cc1ccc([N+](=O)[O-])cc1)SN1CCOCC1. The van der Waals surface area contributed by atoms with Crippen molar-refractivity contribution >= 4 is 24.0 Å². The van der Waals surface area contributed by atoms with E-state index in [1.807, 2.05) is 4.31 Å². The number of amides is 1. The Balaban J connectivity index is 1.98. The summed E-state index contributed by atoms with van der Waals surface area (Å²) >= 11 is 1.01. The van der Waals surface area contributed by atoms with Gasteiger partial charge in [0.2, 0.25) is 0 Å². The number of halogens is 1.